The van der Waals surface area contributed by atoms with Crippen LogP contribution >= 0.6 is 55.2 Å². The van der Waals surface area contributed by atoms with Crippen LogP contribution in [0.4, 0.5) is 30.7 Å². The number of alkyl halides is 7. The fraction of sp³-hybridized carbons (Fsp3) is 0.214. The van der Waals surface area contributed by atoms with Gasteiger partial charge in [0.15, 0.2) is 0 Å². The third kappa shape index (κ3) is 4.31. The van der Waals surface area contributed by atoms with Crippen molar-refractivity contribution in [2.24, 2.45) is 0 Å². The van der Waals surface area contributed by atoms with Crippen LogP contribution in [-0.4, -0.2) is 22.3 Å². The molecule has 0 N–H and O–H groups in total. The molecule has 0 atom stereocenters. The van der Waals surface area contributed by atoms with Crippen LogP contribution in [-0.2, 0) is 0 Å². The predicted octanol–water partition coefficient (Wildman–Crippen LogP) is 7.61. The van der Waals surface area contributed by atoms with Gasteiger partial charge in [-0.05, 0) is 45.9 Å². The average Bonchev–Trinajstić information content (AvgIpc) is 2.46. The largest absolute Gasteiger partial charge is 0.460 e. The molecular formula is C14H4Br2ClF7NS. The van der Waals surface area contributed by atoms with Crippen LogP contribution in [0.15, 0.2) is 38.2 Å². The summed E-state index contributed by atoms with van der Waals surface area (Å²) in [6, 6.07) is 6.27. The second-order valence-electron chi connectivity index (χ2n) is 4.73. The Bertz CT molecular complexity index is 812. The van der Waals surface area contributed by atoms with Gasteiger partial charge in [-0.1, -0.05) is 27.5 Å². The highest BCUT2D eigenvalue weighted by Crippen LogP contribution is 2.55. The number of nitrogens with zero attached hydrogens (tertiary/aromatic N) is 1. The van der Waals surface area contributed by atoms with Crippen molar-refractivity contribution in [3.63, 3.8) is 0 Å². The first kappa shape index (κ1) is 21.8. The van der Waals surface area contributed by atoms with Gasteiger partial charge in [0.1, 0.15) is 5.15 Å². The number of rotatable bonds is 4. The number of halogens is 10. The first-order chi connectivity index (χ1) is 11.8. The summed E-state index contributed by atoms with van der Waals surface area (Å²) in [7, 11) is 0. The molecule has 0 spiro atoms. The Balaban J connectivity index is 2.58. The summed E-state index contributed by atoms with van der Waals surface area (Å²) in [6.07, 6.45) is -5.25. The van der Waals surface area contributed by atoms with Crippen LogP contribution in [0.1, 0.15) is 0 Å². The first-order valence-corrected chi connectivity index (χ1v) is 9.09. The Labute approximate surface area is 168 Å². The van der Waals surface area contributed by atoms with E-state index in [1.807, 2.05) is 0 Å². The maximum atomic E-state index is 13.8. The molecular weight excluding hydrogens is 542 g/mol. The van der Waals surface area contributed by atoms with Gasteiger partial charge in [0.2, 0.25) is 0 Å². The van der Waals surface area contributed by atoms with E-state index in [2.05, 4.69) is 42.9 Å². The van der Waals surface area contributed by atoms with Crippen LogP contribution in [0.5, 0.6) is 0 Å². The lowest BCUT2D eigenvalue weighted by molar-refractivity contribution is -0.330. The Hall–Kier alpha value is -0.520. The van der Waals surface area contributed by atoms with Crippen molar-refractivity contribution >= 4 is 55.2 Å². The van der Waals surface area contributed by atoms with E-state index < -0.39 is 34.0 Å². The smallest absolute Gasteiger partial charge is 0.244 e. The van der Waals surface area contributed by atoms with Crippen molar-refractivity contribution in [1.29, 1.82) is 0 Å². The van der Waals surface area contributed by atoms with E-state index in [0.29, 0.717) is 0 Å². The molecule has 1 nitrogen and oxygen atoms in total. The molecule has 141 valence electrons. The summed E-state index contributed by atoms with van der Waals surface area (Å²) >= 11 is 10.7. The monoisotopic (exact) mass is 544 g/mol. The quantitative estimate of drug-likeness (QED) is 0.223. The van der Waals surface area contributed by atoms with Gasteiger partial charge in [-0.25, -0.2) is 4.98 Å². The number of pyridine rings is 1. The van der Waals surface area contributed by atoms with E-state index in [-0.39, 0.29) is 25.2 Å². The molecule has 0 unspecified atom stereocenters. The Kier molecular flexibility index (Phi) is 6.26. The van der Waals surface area contributed by atoms with Crippen LogP contribution in [0.25, 0.3) is 11.1 Å². The summed E-state index contributed by atoms with van der Waals surface area (Å²) in [5.74, 6) is -6.24. The number of hydrogen-bond donors (Lipinski definition) is 0. The molecule has 1 aromatic carbocycles. The highest BCUT2D eigenvalue weighted by Gasteiger charge is 2.73. The summed E-state index contributed by atoms with van der Waals surface area (Å²) in [5.41, 5.74) is 0.0821. The van der Waals surface area contributed by atoms with Crippen LogP contribution in [0.3, 0.4) is 0 Å². The van der Waals surface area contributed by atoms with Crippen molar-refractivity contribution in [3.05, 3.63) is 44.6 Å². The average molecular weight is 547 g/mol. The van der Waals surface area contributed by atoms with Crippen molar-refractivity contribution in [3.8, 4) is 11.1 Å². The molecule has 0 fully saturated rings. The van der Waals surface area contributed by atoms with E-state index in [0.717, 1.165) is 12.3 Å². The lowest BCUT2D eigenvalue weighted by atomic mass is 10.1. The van der Waals surface area contributed by atoms with Crippen molar-refractivity contribution in [1.82, 2.24) is 4.98 Å². The summed E-state index contributed by atoms with van der Waals surface area (Å²) in [4.78, 5) is 3.20. The highest BCUT2D eigenvalue weighted by molar-refractivity contribution is 9.11. The maximum absolute atomic E-state index is 13.8. The Morgan fingerprint density at radius 2 is 1.65 bits per heavy atom. The molecule has 2 rings (SSSR count). The van der Waals surface area contributed by atoms with Gasteiger partial charge in [-0.3, -0.25) is 0 Å². The van der Waals surface area contributed by atoms with E-state index in [4.69, 9.17) is 11.6 Å². The summed E-state index contributed by atoms with van der Waals surface area (Å²) in [5, 5.41) is -5.38. The standard InChI is InChI=1S/C14H4Br2ClF7NS/c15-7-3-8(16)11(6-1-2-10(17)25-5-6)9(4-7)26-14(23,24)12(18,19)13(20,21)22/h1-2,4-5H. The highest BCUT2D eigenvalue weighted by atomic mass is 79.9. The molecule has 0 saturated heterocycles. The van der Waals surface area contributed by atoms with Gasteiger partial charge in [0, 0.05) is 37.2 Å². The predicted molar refractivity (Wildman–Crippen MR) is 90.7 cm³/mol. The zero-order valence-electron chi connectivity index (χ0n) is 11.9. The molecule has 12 heteroatoms. The molecule has 0 aliphatic heterocycles. The van der Waals surface area contributed by atoms with Gasteiger partial charge in [-0.2, -0.15) is 30.7 Å². The minimum absolute atomic E-state index is 0.0598. The summed E-state index contributed by atoms with van der Waals surface area (Å²) in [6.45, 7) is 0. The fourth-order valence-electron chi connectivity index (χ4n) is 1.74. The van der Waals surface area contributed by atoms with E-state index >= 15 is 0 Å². The molecule has 0 amide bonds. The number of thioether (sulfide) groups is 1. The lowest BCUT2D eigenvalue weighted by Crippen LogP contribution is -2.49. The molecule has 2 aromatic rings. The van der Waals surface area contributed by atoms with Gasteiger partial charge in [0.25, 0.3) is 0 Å². The Morgan fingerprint density at radius 1 is 1.04 bits per heavy atom. The van der Waals surface area contributed by atoms with E-state index in [9.17, 15) is 30.7 Å². The molecule has 1 heterocycles. The number of hydrogen-bond acceptors (Lipinski definition) is 2. The third-order valence-corrected chi connectivity index (χ3v) is 5.23. The van der Waals surface area contributed by atoms with Crippen LogP contribution in [0, 0.1) is 6.07 Å². The molecule has 1 radical (unpaired) electrons. The van der Waals surface area contributed by atoms with Crippen molar-refractivity contribution in [2.45, 2.75) is 22.2 Å². The van der Waals surface area contributed by atoms with E-state index in [1.54, 1.807) is 0 Å². The molecule has 26 heavy (non-hydrogen) atoms. The normalized spacial score (nSPS) is 13.2. The minimum Gasteiger partial charge on any atom is -0.244 e. The number of benzene rings is 1. The first-order valence-electron chi connectivity index (χ1n) is 6.31. The topological polar surface area (TPSA) is 12.9 Å². The molecule has 0 aliphatic carbocycles. The van der Waals surface area contributed by atoms with E-state index in [1.165, 1.54) is 12.1 Å². The lowest BCUT2D eigenvalue weighted by Gasteiger charge is -2.28. The zero-order chi connectivity index (χ0) is 19.9. The van der Waals surface area contributed by atoms with Gasteiger partial charge in [-0.15, -0.1) is 0 Å². The van der Waals surface area contributed by atoms with Crippen LogP contribution < -0.4 is 0 Å². The van der Waals surface area contributed by atoms with Crippen LogP contribution in [0.2, 0.25) is 5.15 Å². The van der Waals surface area contributed by atoms with Crippen molar-refractivity contribution in [2.75, 3.05) is 0 Å². The second kappa shape index (κ2) is 7.48. The molecule has 0 saturated carbocycles. The minimum atomic E-state index is -6.42. The summed E-state index contributed by atoms with van der Waals surface area (Å²) < 4.78 is 91.3. The molecule has 1 aromatic heterocycles. The number of aromatic nitrogens is 1. The van der Waals surface area contributed by atoms with Gasteiger partial charge in [0.05, 0.1) is 0 Å². The Morgan fingerprint density at radius 3 is 2.15 bits per heavy atom. The zero-order valence-corrected chi connectivity index (χ0v) is 16.7. The molecule has 0 bridgehead atoms. The van der Waals surface area contributed by atoms with Gasteiger partial charge < -0.3 is 0 Å². The third-order valence-electron chi connectivity index (χ3n) is 2.93. The second-order valence-corrected chi connectivity index (χ2v) is 7.92. The van der Waals surface area contributed by atoms with Gasteiger partial charge >= 0.3 is 17.4 Å². The molecule has 0 aliphatic rings. The maximum Gasteiger partial charge on any atom is 0.460 e. The fourth-order valence-corrected chi connectivity index (χ4v) is 4.50. The van der Waals surface area contributed by atoms with Crippen molar-refractivity contribution < 1.29 is 30.7 Å². The SMILES string of the molecule is FC(F)(F)C(F)(F)C(F)(F)Sc1cc(Br)[c]c(Br)c1-c1ccc(Cl)nc1.